The highest BCUT2D eigenvalue weighted by Gasteiger charge is 2.28. The number of carbonyl (C=O) groups excluding carboxylic acids is 3. The van der Waals surface area contributed by atoms with Crippen LogP contribution in [0.25, 0.3) is 0 Å². The molecule has 0 unspecified atom stereocenters. The average molecular weight is 480 g/mol. The maximum atomic E-state index is 12.5. The van der Waals surface area contributed by atoms with Crippen LogP contribution in [0.15, 0.2) is 54.6 Å². The van der Waals surface area contributed by atoms with Gasteiger partial charge in [-0.3, -0.25) is 10.1 Å². The summed E-state index contributed by atoms with van der Waals surface area (Å²) in [6.45, 7) is 6.93. The maximum absolute atomic E-state index is 12.5. The first-order valence-electron chi connectivity index (χ1n) is 12.4. The van der Waals surface area contributed by atoms with E-state index in [1.807, 2.05) is 39.0 Å². The van der Waals surface area contributed by atoms with Crippen molar-refractivity contribution in [3.8, 4) is 0 Å². The van der Waals surface area contributed by atoms with Gasteiger partial charge < -0.3 is 14.5 Å². The van der Waals surface area contributed by atoms with Crippen molar-refractivity contribution in [3.63, 3.8) is 0 Å². The molecular formula is C28H37N3O4. The Morgan fingerprint density at radius 3 is 1.86 bits per heavy atom. The summed E-state index contributed by atoms with van der Waals surface area (Å²) in [5, 5.41) is 2.47. The quantitative estimate of drug-likeness (QED) is 0.590. The van der Waals surface area contributed by atoms with E-state index < -0.39 is 11.6 Å². The van der Waals surface area contributed by atoms with Gasteiger partial charge in [0.1, 0.15) is 5.60 Å². The summed E-state index contributed by atoms with van der Waals surface area (Å²) >= 11 is 0. The van der Waals surface area contributed by atoms with Crippen molar-refractivity contribution in [2.75, 3.05) is 26.2 Å². The lowest BCUT2D eigenvalue weighted by Gasteiger charge is -2.35. The number of benzene rings is 2. The van der Waals surface area contributed by atoms with Crippen molar-refractivity contribution in [2.24, 2.45) is 0 Å². The van der Waals surface area contributed by atoms with Crippen molar-refractivity contribution in [1.29, 1.82) is 0 Å². The van der Waals surface area contributed by atoms with Gasteiger partial charge in [-0.05, 0) is 63.1 Å². The highest BCUT2D eigenvalue weighted by molar-refractivity contribution is 5.95. The zero-order chi connectivity index (χ0) is 25.3. The third-order valence-electron chi connectivity index (χ3n) is 5.88. The highest BCUT2D eigenvalue weighted by atomic mass is 16.6. The molecule has 1 saturated heterocycles. The van der Waals surface area contributed by atoms with E-state index in [1.165, 1.54) is 11.1 Å². The number of imide groups is 1. The van der Waals surface area contributed by atoms with E-state index in [9.17, 15) is 14.4 Å². The Labute approximate surface area is 208 Å². The van der Waals surface area contributed by atoms with Crippen LogP contribution in [0.1, 0.15) is 50.3 Å². The number of carbonyl (C=O) groups is 3. The molecule has 0 radical (unpaired) electrons. The monoisotopic (exact) mass is 479 g/mol. The largest absolute Gasteiger partial charge is 0.444 e. The molecule has 7 heteroatoms. The number of hydrogen-bond donors (Lipinski definition) is 1. The third-order valence-corrected chi connectivity index (χ3v) is 5.88. The summed E-state index contributed by atoms with van der Waals surface area (Å²) in [6, 6.07) is 18.1. The third kappa shape index (κ3) is 9.08. The Morgan fingerprint density at radius 1 is 0.771 bits per heavy atom. The molecule has 0 atom stereocenters. The molecule has 188 valence electrons. The van der Waals surface area contributed by atoms with E-state index in [-0.39, 0.29) is 18.4 Å². The van der Waals surface area contributed by atoms with Crippen LogP contribution in [0.4, 0.5) is 9.59 Å². The number of aryl methyl sites for hydroxylation is 2. The van der Waals surface area contributed by atoms with Gasteiger partial charge in [0.2, 0.25) is 5.91 Å². The molecule has 0 aliphatic carbocycles. The minimum absolute atomic E-state index is 0.151. The zero-order valence-electron chi connectivity index (χ0n) is 21.1. The van der Waals surface area contributed by atoms with Crippen molar-refractivity contribution in [1.82, 2.24) is 15.1 Å². The van der Waals surface area contributed by atoms with Crippen LogP contribution >= 0.6 is 0 Å². The number of urea groups is 1. The van der Waals surface area contributed by atoms with Crippen LogP contribution < -0.4 is 5.32 Å². The van der Waals surface area contributed by atoms with Crippen LogP contribution in [0.2, 0.25) is 0 Å². The van der Waals surface area contributed by atoms with E-state index in [1.54, 1.807) is 9.80 Å². The summed E-state index contributed by atoms with van der Waals surface area (Å²) in [5.41, 5.74) is 2.94. The number of rotatable bonds is 7. The molecule has 1 N–H and O–H groups in total. The van der Waals surface area contributed by atoms with Gasteiger partial charge in [0.15, 0.2) is 0 Å². The molecule has 0 saturated carbocycles. The molecule has 2 aromatic rings. The lowest BCUT2D eigenvalue weighted by Crippen LogP contribution is -2.54. The number of unbranched alkanes of at least 4 members (excludes halogenated alkanes) is 1. The second-order valence-electron chi connectivity index (χ2n) is 9.99. The first-order valence-corrected chi connectivity index (χ1v) is 12.4. The lowest BCUT2D eigenvalue weighted by molar-refractivity contribution is -0.119. The van der Waals surface area contributed by atoms with E-state index in [4.69, 9.17) is 4.74 Å². The topological polar surface area (TPSA) is 79.0 Å². The van der Waals surface area contributed by atoms with E-state index in [0.717, 1.165) is 31.2 Å². The number of nitrogens with one attached hydrogen (secondary N) is 1. The molecule has 0 bridgehead atoms. The fourth-order valence-electron chi connectivity index (χ4n) is 3.97. The predicted octanol–water partition coefficient (Wildman–Crippen LogP) is 4.58. The SMILES string of the molecule is CC(C)(C)OC(=O)N1CCN(C(=O)NC(=O)Cc2ccc(CCCCc3ccccc3)cc2)CC1. The highest BCUT2D eigenvalue weighted by Crippen LogP contribution is 2.13. The summed E-state index contributed by atoms with van der Waals surface area (Å²) in [7, 11) is 0. The van der Waals surface area contributed by atoms with E-state index >= 15 is 0 Å². The molecule has 0 spiro atoms. The van der Waals surface area contributed by atoms with Crippen LogP contribution in [0.3, 0.4) is 0 Å². The second-order valence-corrected chi connectivity index (χ2v) is 9.99. The van der Waals surface area contributed by atoms with E-state index in [2.05, 4.69) is 41.7 Å². The average Bonchev–Trinajstić information content (AvgIpc) is 2.82. The molecular weight excluding hydrogens is 442 g/mol. The molecule has 2 aromatic carbocycles. The fourth-order valence-corrected chi connectivity index (χ4v) is 3.97. The molecule has 3 rings (SSSR count). The van der Waals surface area contributed by atoms with Gasteiger partial charge in [-0.1, -0.05) is 54.6 Å². The van der Waals surface area contributed by atoms with Gasteiger partial charge in [-0.2, -0.15) is 0 Å². The minimum atomic E-state index is -0.557. The standard InChI is InChI=1S/C28H37N3O4/c1-28(2,3)35-27(34)31-19-17-30(18-20-31)26(33)29-25(32)21-24-15-13-23(14-16-24)12-8-7-11-22-9-5-4-6-10-22/h4-6,9-10,13-16H,7-8,11-12,17-21H2,1-3H3,(H,29,32,33). The summed E-state index contributed by atoms with van der Waals surface area (Å²) in [5.74, 6) is -0.333. The van der Waals surface area contributed by atoms with Crippen molar-refractivity contribution in [3.05, 3.63) is 71.3 Å². The molecule has 1 heterocycles. The van der Waals surface area contributed by atoms with Crippen LogP contribution in [-0.2, 0) is 28.8 Å². The molecule has 4 amide bonds. The number of hydrogen-bond acceptors (Lipinski definition) is 4. The molecule has 1 aliphatic heterocycles. The summed E-state index contributed by atoms with van der Waals surface area (Å²) in [6.07, 6.45) is 4.12. The minimum Gasteiger partial charge on any atom is -0.444 e. The smallest absolute Gasteiger partial charge is 0.410 e. The van der Waals surface area contributed by atoms with Gasteiger partial charge in [-0.15, -0.1) is 0 Å². The lowest BCUT2D eigenvalue weighted by atomic mass is 10.0. The van der Waals surface area contributed by atoms with Crippen LogP contribution in [-0.4, -0.2) is 59.6 Å². The Morgan fingerprint density at radius 2 is 1.29 bits per heavy atom. The summed E-state index contributed by atoms with van der Waals surface area (Å²) in [4.78, 5) is 40.1. The Hall–Kier alpha value is -3.35. The number of nitrogens with zero attached hydrogens (tertiary/aromatic N) is 2. The first kappa shape index (κ1) is 26.3. The van der Waals surface area contributed by atoms with Crippen LogP contribution in [0.5, 0.6) is 0 Å². The van der Waals surface area contributed by atoms with E-state index in [0.29, 0.717) is 26.2 Å². The van der Waals surface area contributed by atoms with Gasteiger partial charge in [0.25, 0.3) is 0 Å². The van der Waals surface area contributed by atoms with Crippen LogP contribution in [0, 0.1) is 0 Å². The Bertz CT molecular complexity index is 976. The Kier molecular flexibility index (Phi) is 9.29. The fraction of sp³-hybridized carbons (Fsp3) is 0.464. The number of piperazine rings is 1. The van der Waals surface area contributed by atoms with Gasteiger partial charge >= 0.3 is 12.1 Å². The van der Waals surface area contributed by atoms with Gasteiger partial charge in [0, 0.05) is 26.2 Å². The molecule has 0 aromatic heterocycles. The van der Waals surface area contributed by atoms with Gasteiger partial charge in [0.05, 0.1) is 6.42 Å². The van der Waals surface area contributed by atoms with Crippen molar-refractivity contribution < 1.29 is 19.1 Å². The molecule has 7 nitrogen and oxygen atoms in total. The molecule has 35 heavy (non-hydrogen) atoms. The normalized spacial score (nSPS) is 13.9. The second kappa shape index (κ2) is 12.4. The van der Waals surface area contributed by atoms with Crippen molar-refractivity contribution in [2.45, 2.75) is 58.5 Å². The molecule has 1 fully saturated rings. The first-order chi connectivity index (χ1) is 16.7. The van der Waals surface area contributed by atoms with Crippen molar-refractivity contribution >= 4 is 18.0 Å². The van der Waals surface area contributed by atoms with Gasteiger partial charge in [-0.25, -0.2) is 9.59 Å². The summed E-state index contributed by atoms with van der Waals surface area (Å²) < 4.78 is 5.37. The Balaban J connectivity index is 1.35. The zero-order valence-corrected chi connectivity index (χ0v) is 21.1. The molecule has 1 aliphatic rings. The number of amides is 4. The maximum Gasteiger partial charge on any atom is 0.410 e. The number of ether oxygens (including phenoxy) is 1. The predicted molar refractivity (Wildman–Crippen MR) is 136 cm³/mol.